The van der Waals surface area contributed by atoms with Crippen LogP contribution >= 0.6 is 0 Å². The minimum absolute atomic E-state index is 0.103. The van der Waals surface area contributed by atoms with Gasteiger partial charge in [0.25, 0.3) is 0 Å². The molecule has 3 aromatic carbocycles. The molecule has 0 bridgehead atoms. The van der Waals surface area contributed by atoms with Crippen molar-refractivity contribution in [1.82, 2.24) is 0 Å². The molecule has 1 N–H and O–H groups in total. The van der Waals surface area contributed by atoms with E-state index in [1.54, 1.807) is 43.4 Å². The van der Waals surface area contributed by atoms with Crippen LogP contribution in [0.1, 0.15) is 24.9 Å². The lowest BCUT2D eigenvalue weighted by molar-refractivity contribution is -0.122. The first-order chi connectivity index (χ1) is 16.5. The van der Waals surface area contributed by atoms with Gasteiger partial charge in [0.1, 0.15) is 17.2 Å². The molecule has 4 rings (SSSR count). The topological polar surface area (TPSA) is 77.1 Å². The molecule has 1 aliphatic heterocycles. The van der Waals surface area contributed by atoms with Gasteiger partial charge in [-0.25, -0.2) is 0 Å². The van der Waals surface area contributed by atoms with Crippen molar-refractivity contribution in [3.63, 3.8) is 0 Å². The predicted octanol–water partition coefficient (Wildman–Crippen LogP) is 4.84. The monoisotopic (exact) mass is 460 g/mol. The van der Waals surface area contributed by atoms with Crippen LogP contribution in [0.5, 0.6) is 17.2 Å². The minimum Gasteiger partial charge on any atom is -0.497 e. The number of nitrogens with one attached hydrogen (secondary N) is 1. The molecule has 1 aliphatic rings. The summed E-state index contributed by atoms with van der Waals surface area (Å²) in [5.41, 5.74) is 2.22. The molecule has 1 fully saturated rings. The molecule has 0 radical (unpaired) electrons. The molecule has 0 aliphatic carbocycles. The van der Waals surface area contributed by atoms with E-state index in [2.05, 4.69) is 5.32 Å². The number of ether oxygens (including phenoxy) is 3. The standard InChI is InChI=1S/C27H28N2O5/c1-4-34-23-13-7-19(8-14-23)28-27(31)24-17-25(30)29(20-9-15-22(33-3)16-10-20)26(24)18-5-11-21(32-2)12-6-18/h5-16,24,26H,4,17H2,1-3H3,(H,28,31)/t24-,26+/m0/s1. The van der Waals surface area contributed by atoms with Gasteiger partial charge in [-0.2, -0.15) is 0 Å². The van der Waals surface area contributed by atoms with Gasteiger partial charge >= 0.3 is 0 Å². The van der Waals surface area contributed by atoms with Crippen molar-refractivity contribution < 1.29 is 23.8 Å². The van der Waals surface area contributed by atoms with Crippen molar-refractivity contribution in [2.75, 3.05) is 31.0 Å². The van der Waals surface area contributed by atoms with Crippen LogP contribution in [-0.2, 0) is 9.59 Å². The first kappa shape index (κ1) is 23.2. The van der Waals surface area contributed by atoms with E-state index < -0.39 is 12.0 Å². The number of hydrogen-bond acceptors (Lipinski definition) is 5. The van der Waals surface area contributed by atoms with Crippen LogP contribution in [0.4, 0.5) is 11.4 Å². The van der Waals surface area contributed by atoms with E-state index in [9.17, 15) is 9.59 Å². The van der Waals surface area contributed by atoms with Gasteiger partial charge in [0.2, 0.25) is 11.8 Å². The number of rotatable bonds is 8. The molecule has 0 unspecified atom stereocenters. The fraction of sp³-hybridized carbons (Fsp3) is 0.259. The van der Waals surface area contributed by atoms with Gasteiger partial charge in [-0.3, -0.25) is 9.59 Å². The Bertz CT molecular complexity index is 1130. The van der Waals surface area contributed by atoms with E-state index in [4.69, 9.17) is 14.2 Å². The number of carbonyl (C=O) groups excluding carboxylic acids is 2. The fourth-order valence-electron chi connectivity index (χ4n) is 4.24. The van der Waals surface area contributed by atoms with E-state index in [-0.39, 0.29) is 18.2 Å². The quantitative estimate of drug-likeness (QED) is 0.521. The van der Waals surface area contributed by atoms with E-state index >= 15 is 0 Å². The van der Waals surface area contributed by atoms with Crippen LogP contribution in [-0.4, -0.2) is 32.6 Å². The molecule has 0 aromatic heterocycles. The largest absolute Gasteiger partial charge is 0.497 e. The van der Waals surface area contributed by atoms with Crippen LogP contribution in [0.3, 0.4) is 0 Å². The molecule has 2 amide bonds. The molecule has 0 spiro atoms. The second-order valence-corrected chi connectivity index (χ2v) is 7.94. The molecule has 3 aromatic rings. The highest BCUT2D eigenvalue weighted by atomic mass is 16.5. The van der Waals surface area contributed by atoms with Crippen LogP contribution in [0.25, 0.3) is 0 Å². The van der Waals surface area contributed by atoms with Crippen LogP contribution in [0.2, 0.25) is 0 Å². The Balaban J connectivity index is 1.65. The van der Waals surface area contributed by atoms with Gasteiger partial charge in [-0.15, -0.1) is 0 Å². The zero-order valence-corrected chi connectivity index (χ0v) is 19.5. The van der Waals surface area contributed by atoms with E-state index in [0.717, 1.165) is 11.3 Å². The zero-order valence-electron chi connectivity index (χ0n) is 19.5. The maximum absolute atomic E-state index is 13.4. The van der Waals surface area contributed by atoms with Crippen molar-refractivity contribution in [1.29, 1.82) is 0 Å². The van der Waals surface area contributed by atoms with Crippen molar-refractivity contribution in [2.24, 2.45) is 5.92 Å². The lowest BCUT2D eigenvalue weighted by Crippen LogP contribution is -2.32. The van der Waals surface area contributed by atoms with E-state index in [0.29, 0.717) is 29.5 Å². The van der Waals surface area contributed by atoms with E-state index in [1.165, 1.54) is 0 Å². The molecular formula is C27H28N2O5. The van der Waals surface area contributed by atoms with Crippen LogP contribution in [0.15, 0.2) is 72.8 Å². The van der Waals surface area contributed by atoms with Gasteiger partial charge in [0, 0.05) is 17.8 Å². The maximum Gasteiger partial charge on any atom is 0.230 e. The molecule has 7 nitrogen and oxygen atoms in total. The second-order valence-electron chi connectivity index (χ2n) is 7.94. The zero-order chi connectivity index (χ0) is 24.1. The Labute approximate surface area is 199 Å². The normalized spacial score (nSPS) is 17.4. The molecule has 2 atom stereocenters. The number of benzene rings is 3. The van der Waals surface area contributed by atoms with Crippen molar-refractivity contribution in [2.45, 2.75) is 19.4 Å². The van der Waals surface area contributed by atoms with E-state index in [1.807, 2.05) is 55.5 Å². The first-order valence-corrected chi connectivity index (χ1v) is 11.2. The van der Waals surface area contributed by atoms with Crippen molar-refractivity contribution in [3.8, 4) is 17.2 Å². The summed E-state index contributed by atoms with van der Waals surface area (Å²) in [6.07, 6.45) is 0.103. The molecule has 0 saturated carbocycles. The summed E-state index contributed by atoms with van der Waals surface area (Å²) in [4.78, 5) is 28.3. The molecule has 1 saturated heterocycles. The highest BCUT2D eigenvalue weighted by Crippen LogP contribution is 2.42. The third-order valence-electron chi connectivity index (χ3n) is 5.90. The summed E-state index contributed by atoms with van der Waals surface area (Å²) in [6.45, 7) is 2.49. The number of nitrogens with zero attached hydrogens (tertiary/aromatic N) is 1. The average molecular weight is 461 g/mol. The molecule has 176 valence electrons. The van der Waals surface area contributed by atoms with Crippen molar-refractivity contribution >= 4 is 23.2 Å². The maximum atomic E-state index is 13.4. The molecular weight excluding hydrogens is 432 g/mol. The Hall–Kier alpha value is -4.00. The van der Waals surface area contributed by atoms with Gasteiger partial charge in [-0.1, -0.05) is 12.1 Å². The molecule has 34 heavy (non-hydrogen) atoms. The lowest BCUT2D eigenvalue weighted by Gasteiger charge is -2.28. The minimum atomic E-state index is -0.574. The SMILES string of the molecule is CCOc1ccc(NC(=O)[C@H]2CC(=O)N(c3ccc(OC)cc3)[C@@H]2c2ccc(OC)cc2)cc1. The Morgan fingerprint density at radius 3 is 2.00 bits per heavy atom. The Morgan fingerprint density at radius 1 is 0.882 bits per heavy atom. The third-order valence-corrected chi connectivity index (χ3v) is 5.90. The van der Waals surface area contributed by atoms with Gasteiger partial charge < -0.3 is 24.4 Å². The molecule has 1 heterocycles. The first-order valence-electron chi connectivity index (χ1n) is 11.2. The predicted molar refractivity (Wildman–Crippen MR) is 131 cm³/mol. The third kappa shape index (κ3) is 4.83. The summed E-state index contributed by atoms with van der Waals surface area (Å²) >= 11 is 0. The van der Waals surface area contributed by atoms with Crippen LogP contribution < -0.4 is 24.4 Å². The van der Waals surface area contributed by atoms with Crippen LogP contribution in [0, 0.1) is 5.92 Å². The Kier molecular flexibility index (Phi) is 7.01. The Morgan fingerprint density at radius 2 is 1.44 bits per heavy atom. The summed E-state index contributed by atoms with van der Waals surface area (Å²) in [7, 11) is 3.20. The number of amides is 2. The van der Waals surface area contributed by atoms with Crippen molar-refractivity contribution in [3.05, 3.63) is 78.4 Å². The summed E-state index contributed by atoms with van der Waals surface area (Å²) < 4.78 is 16.0. The number of methoxy groups -OCH3 is 2. The summed E-state index contributed by atoms with van der Waals surface area (Å²) in [6, 6.07) is 21.5. The number of anilines is 2. The fourth-order valence-corrected chi connectivity index (χ4v) is 4.24. The summed E-state index contributed by atoms with van der Waals surface area (Å²) in [5.74, 6) is 1.24. The number of carbonyl (C=O) groups is 2. The van der Waals surface area contributed by atoms with Gasteiger partial charge in [-0.05, 0) is 73.2 Å². The van der Waals surface area contributed by atoms with Gasteiger partial charge in [0.05, 0.1) is 32.8 Å². The summed E-state index contributed by atoms with van der Waals surface area (Å²) in [5, 5.41) is 2.97. The highest BCUT2D eigenvalue weighted by Gasteiger charge is 2.45. The molecule has 7 heteroatoms. The second kappa shape index (κ2) is 10.3. The average Bonchev–Trinajstić information content (AvgIpc) is 3.22. The van der Waals surface area contributed by atoms with Gasteiger partial charge in [0.15, 0.2) is 0 Å². The smallest absolute Gasteiger partial charge is 0.230 e. The lowest BCUT2D eigenvalue weighted by atomic mass is 9.92. The highest BCUT2D eigenvalue weighted by molar-refractivity contribution is 6.04. The number of hydrogen-bond donors (Lipinski definition) is 1.